The topological polar surface area (TPSA) is 35.5 Å². The summed E-state index contributed by atoms with van der Waals surface area (Å²) in [5.41, 5.74) is 0.648. The zero-order valence-electron chi connectivity index (χ0n) is 17.1. The Hall–Kier alpha value is 0.320. The summed E-state index contributed by atoms with van der Waals surface area (Å²) in [5, 5.41) is 0. The van der Waals surface area contributed by atoms with Crippen LogP contribution in [-0.2, 0) is 13.6 Å². The molecule has 0 saturated carbocycles. The largest absolute Gasteiger partial charge is 0.352 e. The van der Waals surface area contributed by atoms with Gasteiger partial charge >= 0.3 is 0 Å². The SMILES string of the molecule is CCOPP(=O)(/C=C/C(CCC(C)(C)C)CCC(C)(C)C)OCC. The van der Waals surface area contributed by atoms with E-state index < -0.39 is 7.06 Å². The van der Waals surface area contributed by atoms with E-state index in [9.17, 15) is 4.57 Å². The minimum Gasteiger partial charge on any atom is -0.352 e. The molecule has 0 radical (unpaired) electrons. The molecule has 0 aromatic heterocycles. The molecule has 0 saturated heterocycles. The molecule has 0 N–H and O–H groups in total. The second kappa shape index (κ2) is 11.1. The van der Waals surface area contributed by atoms with Gasteiger partial charge in [-0.1, -0.05) is 47.6 Å². The van der Waals surface area contributed by atoms with Crippen molar-refractivity contribution in [2.75, 3.05) is 13.2 Å². The first-order valence-corrected chi connectivity index (χ1v) is 12.7. The smallest absolute Gasteiger partial charge is 0.267 e. The molecule has 2 atom stereocenters. The van der Waals surface area contributed by atoms with Gasteiger partial charge in [0.05, 0.1) is 6.61 Å². The Morgan fingerprint density at radius 3 is 1.83 bits per heavy atom. The lowest BCUT2D eigenvalue weighted by atomic mass is 9.82. The van der Waals surface area contributed by atoms with Crippen molar-refractivity contribution >= 4 is 15.6 Å². The van der Waals surface area contributed by atoms with E-state index in [0.29, 0.717) is 30.0 Å². The number of hydrogen-bond acceptors (Lipinski definition) is 3. The van der Waals surface area contributed by atoms with Gasteiger partial charge in [0.25, 0.3) is 7.06 Å². The summed E-state index contributed by atoms with van der Waals surface area (Å²) in [6.07, 6.45) is 6.72. The third-order valence-corrected chi connectivity index (χ3v) is 7.61. The Morgan fingerprint density at radius 2 is 1.46 bits per heavy atom. The fourth-order valence-corrected chi connectivity index (χ4v) is 5.53. The minimum absolute atomic E-state index is 0.0885. The summed E-state index contributed by atoms with van der Waals surface area (Å²) in [4.78, 5) is 0. The fraction of sp³-hybridized carbons (Fsp3) is 0.895. The first kappa shape index (κ1) is 24.3. The van der Waals surface area contributed by atoms with Crippen LogP contribution >= 0.6 is 15.6 Å². The molecule has 0 heterocycles. The van der Waals surface area contributed by atoms with Crippen LogP contribution in [0.3, 0.4) is 0 Å². The van der Waals surface area contributed by atoms with Crippen LogP contribution in [-0.4, -0.2) is 13.2 Å². The summed E-state index contributed by atoms with van der Waals surface area (Å²) in [5.74, 6) is 2.27. The molecule has 0 aliphatic heterocycles. The average molecular weight is 378 g/mol. The zero-order valence-corrected chi connectivity index (χ0v) is 19.0. The fourth-order valence-electron chi connectivity index (χ4n) is 2.25. The van der Waals surface area contributed by atoms with E-state index in [-0.39, 0.29) is 8.50 Å². The number of hydrogen-bond donors (Lipinski definition) is 0. The van der Waals surface area contributed by atoms with Gasteiger partial charge in [-0.05, 0) is 56.3 Å². The van der Waals surface area contributed by atoms with E-state index in [1.165, 1.54) is 12.8 Å². The van der Waals surface area contributed by atoms with E-state index in [1.54, 1.807) is 0 Å². The molecule has 0 bridgehead atoms. The molecule has 24 heavy (non-hydrogen) atoms. The quantitative estimate of drug-likeness (QED) is 0.347. The maximum Gasteiger partial charge on any atom is 0.267 e. The van der Waals surface area contributed by atoms with E-state index in [4.69, 9.17) is 9.05 Å². The summed E-state index contributed by atoms with van der Waals surface area (Å²) in [6, 6.07) is 0. The Kier molecular flexibility index (Phi) is 11.3. The highest BCUT2D eigenvalue weighted by Gasteiger charge is 2.22. The molecule has 0 aromatic carbocycles. The molecule has 144 valence electrons. The predicted molar refractivity (Wildman–Crippen MR) is 109 cm³/mol. The predicted octanol–water partition coefficient (Wildman–Crippen LogP) is 7.63. The van der Waals surface area contributed by atoms with Crippen molar-refractivity contribution in [2.45, 2.75) is 81.1 Å². The van der Waals surface area contributed by atoms with Gasteiger partial charge < -0.3 is 9.05 Å². The molecule has 0 amide bonds. The zero-order chi connectivity index (χ0) is 18.9. The molecular formula is C19H40O3P2. The molecular weight excluding hydrogens is 338 g/mol. The van der Waals surface area contributed by atoms with Gasteiger partial charge in [0, 0.05) is 12.4 Å². The minimum atomic E-state index is -2.79. The molecule has 0 aliphatic carbocycles. The second-order valence-corrected chi connectivity index (χ2v) is 13.5. The van der Waals surface area contributed by atoms with Gasteiger partial charge in [0.2, 0.25) is 0 Å². The third kappa shape index (κ3) is 13.6. The highest BCUT2D eigenvalue weighted by atomic mass is 32.1. The Morgan fingerprint density at radius 1 is 0.958 bits per heavy atom. The maximum absolute atomic E-state index is 12.9. The van der Waals surface area contributed by atoms with E-state index in [2.05, 4.69) is 47.6 Å². The van der Waals surface area contributed by atoms with Crippen LogP contribution in [0.5, 0.6) is 0 Å². The van der Waals surface area contributed by atoms with E-state index in [1.807, 2.05) is 19.7 Å². The van der Waals surface area contributed by atoms with Gasteiger partial charge in [-0.2, -0.15) is 0 Å². The van der Waals surface area contributed by atoms with E-state index in [0.717, 1.165) is 12.8 Å². The van der Waals surface area contributed by atoms with Crippen LogP contribution in [0.15, 0.2) is 11.9 Å². The van der Waals surface area contributed by atoms with Crippen LogP contribution in [0.2, 0.25) is 0 Å². The van der Waals surface area contributed by atoms with Crippen LogP contribution in [0.1, 0.15) is 81.1 Å². The van der Waals surface area contributed by atoms with Gasteiger partial charge in [-0.15, -0.1) is 0 Å². The Bertz CT molecular complexity index is 388. The number of allylic oxidation sites excluding steroid dienone is 1. The standard InChI is InChI=1S/C19H40O3P2/c1-9-21-23-24(20,22-10-2)16-13-17(11-14-18(3,4)5)12-15-19(6,7)8/h13,16-17,23H,9-12,14-15H2,1-8H3/b16-13+. The lowest BCUT2D eigenvalue weighted by Gasteiger charge is -2.25. The molecule has 2 unspecified atom stereocenters. The van der Waals surface area contributed by atoms with Gasteiger partial charge in [-0.25, -0.2) is 0 Å². The highest BCUT2D eigenvalue weighted by molar-refractivity contribution is 8.22. The van der Waals surface area contributed by atoms with E-state index >= 15 is 0 Å². The summed E-state index contributed by atoms with van der Waals surface area (Å²) < 4.78 is 23.8. The lowest BCUT2D eigenvalue weighted by molar-refractivity contribution is 0.300. The van der Waals surface area contributed by atoms with Crippen LogP contribution in [0, 0.1) is 16.7 Å². The van der Waals surface area contributed by atoms with Crippen molar-refractivity contribution in [3.8, 4) is 0 Å². The third-order valence-electron chi connectivity index (χ3n) is 3.74. The Balaban J connectivity index is 4.99. The average Bonchev–Trinajstić information content (AvgIpc) is 2.42. The van der Waals surface area contributed by atoms with Crippen LogP contribution in [0.4, 0.5) is 0 Å². The number of rotatable bonds is 11. The van der Waals surface area contributed by atoms with Crippen molar-refractivity contribution in [3.05, 3.63) is 11.9 Å². The van der Waals surface area contributed by atoms with Crippen molar-refractivity contribution in [3.63, 3.8) is 0 Å². The van der Waals surface area contributed by atoms with Crippen LogP contribution in [0.25, 0.3) is 0 Å². The van der Waals surface area contributed by atoms with Crippen molar-refractivity contribution in [2.24, 2.45) is 16.7 Å². The molecule has 0 aromatic rings. The second-order valence-electron chi connectivity index (χ2n) is 8.84. The molecule has 0 spiro atoms. The lowest BCUT2D eigenvalue weighted by Crippen LogP contribution is -2.11. The Labute approximate surface area is 152 Å². The molecule has 0 rings (SSSR count). The molecule has 0 fully saturated rings. The van der Waals surface area contributed by atoms with Gasteiger partial charge in [-0.3, -0.25) is 4.57 Å². The van der Waals surface area contributed by atoms with Gasteiger partial charge in [0.1, 0.15) is 8.50 Å². The maximum atomic E-state index is 12.9. The van der Waals surface area contributed by atoms with Crippen molar-refractivity contribution in [1.29, 1.82) is 0 Å². The summed E-state index contributed by atoms with van der Waals surface area (Å²) >= 11 is 0. The normalized spacial score (nSPS) is 16.5. The molecule has 3 nitrogen and oxygen atoms in total. The highest BCUT2D eigenvalue weighted by Crippen LogP contribution is 2.66. The van der Waals surface area contributed by atoms with Crippen molar-refractivity contribution in [1.82, 2.24) is 0 Å². The van der Waals surface area contributed by atoms with Gasteiger partial charge in [0.15, 0.2) is 0 Å². The summed E-state index contributed by atoms with van der Waals surface area (Å²) in [6.45, 7) is 18.5. The molecule has 5 heteroatoms. The summed E-state index contributed by atoms with van der Waals surface area (Å²) in [7, 11) is -2.88. The monoisotopic (exact) mass is 378 g/mol. The van der Waals surface area contributed by atoms with Crippen molar-refractivity contribution < 1.29 is 13.6 Å². The first-order chi connectivity index (χ1) is 10.9. The molecule has 0 aliphatic rings. The first-order valence-electron chi connectivity index (χ1n) is 9.23. The van der Waals surface area contributed by atoms with Crippen LogP contribution < -0.4 is 0 Å².